The van der Waals surface area contributed by atoms with Crippen LogP contribution < -0.4 is 0 Å². The van der Waals surface area contributed by atoms with Gasteiger partial charge in [0, 0.05) is 16.3 Å². The number of rotatable bonds is 6. The van der Waals surface area contributed by atoms with Crippen LogP contribution in [0.3, 0.4) is 0 Å². The Kier molecular flexibility index (Phi) is 5.74. The second-order valence-corrected chi connectivity index (χ2v) is 9.78. The van der Waals surface area contributed by atoms with E-state index in [1.165, 1.54) is 7.11 Å². The smallest absolute Gasteiger partial charge is 0.200 e. The number of benzene rings is 1. The maximum atomic E-state index is 13.5. The van der Waals surface area contributed by atoms with Crippen molar-refractivity contribution in [2.45, 2.75) is 11.3 Å². The molecule has 1 rings (SSSR count). The van der Waals surface area contributed by atoms with Crippen LogP contribution in [0.4, 0.5) is 22.0 Å². The zero-order chi connectivity index (χ0) is 17.3. The molecule has 0 aliphatic rings. The molecule has 0 aromatic heterocycles. The van der Waals surface area contributed by atoms with Crippen molar-refractivity contribution in [2.75, 3.05) is 24.9 Å². The first-order valence-corrected chi connectivity index (χ1v) is 9.79. The van der Waals surface area contributed by atoms with Gasteiger partial charge in [-0.25, -0.2) is 34.6 Å². The summed E-state index contributed by atoms with van der Waals surface area (Å²) in [6.45, 7) is 0. The lowest BCUT2D eigenvalue weighted by molar-refractivity contribution is 0.357. The molecule has 0 saturated heterocycles. The Labute approximate surface area is 126 Å². The van der Waals surface area contributed by atoms with E-state index in [-0.39, 0.29) is 12.2 Å². The molecule has 0 saturated carbocycles. The van der Waals surface area contributed by atoms with Crippen molar-refractivity contribution in [3.8, 4) is 0 Å². The van der Waals surface area contributed by atoms with Crippen molar-refractivity contribution in [3.63, 3.8) is 0 Å². The molecule has 0 bridgehead atoms. The molecule has 126 valence electrons. The summed E-state index contributed by atoms with van der Waals surface area (Å²) in [6, 6.07) is 0. The van der Waals surface area contributed by atoms with E-state index < -0.39 is 59.5 Å². The van der Waals surface area contributed by atoms with E-state index in [0.717, 1.165) is 0 Å². The van der Waals surface area contributed by atoms with E-state index in [1.807, 2.05) is 0 Å². The molecule has 0 heterocycles. The quantitative estimate of drug-likeness (QED) is 0.194. The van der Waals surface area contributed by atoms with Crippen molar-refractivity contribution in [2.24, 2.45) is 0 Å². The molecule has 1 unspecified atom stereocenters. The van der Waals surface area contributed by atoms with Gasteiger partial charge in [0.1, 0.15) is 10.6 Å². The molecule has 22 heavy (non-hydrogen) atoms. The topological polar surface area (TPSA) is 43.4 Å². The molecule has 0 N–H and O–H groups in total. The Hall–Kier alpha value is -1.00. The fourth-order valence-electron chi connectivity index (χ4n) is 1.60. The van der Waals surface area contributed by atoms with Crippen LogP contribution in [0.2, 0.25) is 0 Å². The summed E-state index contributed by atoms with van der Waals surface area (Å²) in [7, 11) is -5.08. The summed E-state index contributed by atoms with van der Waals surface area (Å²) >= 11 is 0. The summed E-state index contributed by atoms with van der Waals surface area (Å²) in [5.41, 5.74) is 0. The van der Waals surface area contributed by atoms with Crippen LogP contribution >= 0.6 is 0 Å². The third-order valence-corrected chi connectivity index (χ3v) is 6.64. The molecule has 0 spiro atoms. The first-order chi connectivity index (χ1) is 9.94. The molecule has 1 aromatic rings. The van der Waals surface area contributed by atoms with Gasteiger partial charge in [-0.3, -0.25) is 0 Å². The third kappa shape index (κ3) is 3.85. The second-order valence-electron chi connectivity index (χ2n) is 4.63. The van der Waals surface area contributed by atoms with Gasteiger partial charge in [0.25, 0.3) is 0 Å². The average molecular weight is 365 g/mol. The summed E-state index contributed by atoms with van der Waals surface area (Å²) in [6.07, 6.45) is 1.54. The van der Waals surface area contributed by atoms with E-state index in [2.05, 4.69) is 5.87 Å². The predicted octanol–water partition coefficient (Wildman–Crippen LogP) is 2.32. The average Bonchev–Trinajstić information content (AvgIpc) is 2.42. The minimum atomic E-state index is -4.68. The fourth-order valence-corrected chi connectivity index (χ4v) is 4.16. The van der Waals surface area contributed by atoms with Gasteiger partial charge in [-0.2, -0.15) is 0 Å². The van der Waals surface area contributed by atoms with E-state index in [4.69, 9.17) is 4.18 Å². The molecular formula is C12H14F5O3S2+. The van der Waals surface area contributed by atoms with Gasteiger partial charge in [0.15, 0.2) is 33.1 Å². The van der Waals surface area contributed by atoms with E-state index >= 15 is 0 Å². The van der Waals surface area contributed by atoms with E-state index in [0.29, 0.717) is 0 Å². The summed E-state index contributed by atoms with van der Waals surface area (Å²) in [4.78, 5) is -1.80. The zero-order valence-corrected chi connectivity index (χ0v) is 13.4. The Bertz CT molecular complexity index is 702. The summed E-state index contributed by atoms with van der Waals surface area (Å²) in [5, 5.41) is 0. The standard InChI is InChI=1S/C12H14F5O3S2/c1-20-21(2,3)5-4-6-22(18,19)12-10(16)8(14)7(13)9(15)11(12)17/h2,4-6H2,1,3H3/q+1. The molecule has 3 nitrogen and oxygen atoms in total. The van der Waals surface area contributed by atoms with Gasteiger partial charge in [-0.05, 0) is 0 Å². The Morgan fingerprint density at radius 3 is 1.82 bits per heavy atom. The van der Waals surface area contributed by atoms with Crippen LogP contribution in [-0.2, 0) is 23.9 Å². The zero-order valence-electron chi connectivity index (χ0n) is 11.8. The minimum Gasteiger partial charge on any atom is -0.223 e. The highest BCUT2D eigenvalue weighted by Crippen LogP contribution is 2.27. The second kappa shape index (κ2) is 6.63. The SMILES string of the molecule is C=[S+](C)(CCCS(=O)(=O)c1c(F)c(F)c(F)c(F)c1F)OC. The first kappa shape index (κ1) is 19.0. The molecular weight excluding hydrogens is 351 g/mol. The van der Waals surface area contributed by atoms with Crippen molar-refractivity contribution in [1.82, 2.24) is 0 Å². The van der Waals surface area contributed by atoms with Crippen LogP contribution in [-0.4, -0.2) is 39.2 Å². The lowest BCUT2D eigenvalue weighted by Gasteiger charge is -2.12. The molecule has 0 radical (unpaired) electrons. The number of hydrogen-bond acceptors (Lipinski definition) is 3. The normalized spacial score (nSPS) is 14.9. The highest BCUT2D eigenvalue weighted by Gasteiger charge is 2.33. The van der Waals surface area contributed by atoms with Gasteiger partial charge >= 0.3 is 0 Å². The summed E-state index contributed by atoms with van der Waals surface area (Å²) in [5.74, 6) is -8.58. The highest BCUT2D eigenvalue weighted by molar-refractivity contribution is 8.06. The van der Waals surface area contributed by atoms with Crippen molar-refractivity contribution >= 4 is 25.6 Å². The third-order valence-electron chi connectivity index (χ3n) is 2.87. The van der Waals surface area contributed by atoms with Crippen LogP contribution in [0.5, 0.6) is 0 Å². The lowest BCUT2D eigenvalue weighted by atomic mass is 10.3. The monoisotopic (exact) mass is 365 g/mol. The minimum absolute atomic E-state index is 0.0923. The van der Waals surface area contributed by atoms with Crippen LogP contribution in [0.1, 0.15) is 6.42 Å². The van der Waals surface area contributed by atoms with Gasteiger partial charge in [0.2, 0.25) is 5.82 Å². The fraction of sp³-hybridized carbons (Fsp3) is 0.417. The van der Waals surface area contributed by atoms with Crippen LogP contribution in [0, 0.1) is 29.1 Å². The first-order valence-electron chi connectivity index (χ1n) is 5.83. The Balaban J connectivity index is 3.17. The van der Waals surface area contributed by atoms with E-state index in [1.54, 1.807) is 6.26 Å². The molecule has 0 fully saturated rings. The maximum Gasteiger partial charge on any atom is 0.200 e. The Morgan fingerprint density at radius 1 is 1.00 bits per heavy atom. The van der Waals surface area contributed by atoms with Crippen molar-refractivity contribution in [3.05, 3.63) is 29.1 Å². The molecule has 10 heteroatoms. The number of sulfone groups is 1. The van der Waals surface area contributed by atoms with E-state index in [9.17, 15) is 30.4 Å². The van der Waals surface area contributed by atoms with Crippen LogP contribution in [0.25, 0.3) is 0 Å². The molecule has 1 aromatic carbocycles. The van der Waals surface area contributed by atoms with Crippen LogP contribution in [0.15, 0.2) is 4.90 Å². The van der Waals surface area contributed by atoms with Gasteiger partial charge in [-0.15, -0.1) is 0 Å². The van der Waals surface area contributed by atoms with Gasteiger partial charge in [-0.1, -0.05) is 0 Å². The maximum absolute atomic E-state index is 13.5. The Morgan fingerprint density at radius 2 is 1.41 bits per heavy atom. The largest absolute Gasteiger partial charge is 0.223 e. The highest BCUT2D eigenvalue weighted by atomic mass is 32.3. The van der Waals surface area contributed by atoms with Gasteiger partial charge < -0.3 is 0 Å². The molecule has 0 aliphatic carbocycles. The lowest BCUT2D eigenvalue weighted by Crippen LogP contribution is -2.21. The molecule has 0 aliphatic heterocycles. The van der Waals surface area contributed by atoms with Crippen molar-refractivity contribution in [1.29, 1.82) is 0 Å². The number of hydrogen-bond donors (Lipinski definition) is 0. The number of halogens is 5. The summed E-state index contributed by atoms with van der Waals surface area (Å²) < 4.78 is 94.7. The van der Waals surface area contributed by atoms with Gasteiger partial charge in [0.05, 0.1) is 25.0 Å². The van der Waals surface area contributed by atoms with Crippen molar-refractivity contribution < 1.29 is 34.6 Å². The predicted molar refractivity (Wildman–Crippen MR) is 75.2 cm³/mol. The molecule has 0 amide bonds. The molecule has 1 atom stereocenters.